The Morgan fingerprint density at radius 1 is 0.917 bits per heavy atom. The van der Waals surface area contributed by atoms with Crippen LogP contribution in [-0.4, -0.2) is 6.09 Å². The van der Waals surface area contributed by atoms with Crippen molar-refractivity contribution in [1.82, 2.24) is 0 Å². The monoisotopic (exact) mass is 318 g/mol. The first kappa shape index (κ1) is 15.6. The number of anilines is 2. The summed E-state index contributed by atoms with van der Waals surface area (Å²) in [5.74, 6) is 0. The predicted octanol–water partition coefficient (Wildman–Crippen LogP) is 4.68. The van der Waals surface area contributed by atoms with Crippen LogP contribution in [0.3, 0.4) is 0 Å². The smallest absolute Gasteiger partial charge is 0.411 e. The summed E-state index contributed by atoms with van der Waals surface area (Å²) in [5, 5.41) is 2.74. The molecular weight excluding hydrogens is 300 g/mol. The van der Waals surface area contributed by atoms with Crippen molar-refractivity contribution in [3.05, 3.63) is 84.4 Å². The molecule has 3 aromatic rings. The van der Waals surface area contributed by atoms with Gasteiger partial charge in [0, 0.05) is 16.9 Å². The lowest BCUT2D eigenvalue weighted by atomic mass is 10.0. The molecule has 0 aromatic heterocycles. The third-order valence-corrected chi connectivity index (χ3v) is 3.59. The van der Waals surface area contributed by atoms with Crippen LogP contribution in [0.5, 0.6) is 0 Å². The van der Waals surface area contributed by atoms with Gasteiger partial charge in [0.25, 0.3) is 0 Å². The van der Waals surface area contributed by atoms with E-state index >= 15 is 0 Å². The molecule has 0 saturated carbocycles. The van der Waals surface area contributed by atoms with Crippen molar-refractivity contribution in [2.24, 2.45) is 0 Å². The first-order chi connectivity index (χ1) is 11.7. The third-order valence-electron chi connectivity index (χ3n) is 3.59. The summed E-state index contributed by atoms with van der Waals surface area (Å²) in [6, 6.07) is 24.7. The number of benzene rings is 3. The molecule has 0 heterocycles. The number of hydrogen-bond acceptors (Lipinski definition) is 3. The Kier molecular flexibility index (Phi) is 4.77. The summed E-state index contributed by atoms with van der Waals surface area (Å²) >= 11 is 0. The maximum atomic E-state index is 11.9. The fraction of sp³-hybridized carbons (Fsp3) is 0.0500. The number of hydrogen-bond donors (Lipinski definition) is 2. The summed E-state index contributed by atoms with van der Waals surface area (Å²) in [7, 11) is 0. The molecule has 0 saturated heterocycles. The topological polar surface area (TPSA) is 64.3 Å². The minimum Gasteiger partial charge on any atom is -0.444 e. The number of carbonyl (C=O) groups excluding carboxylic acids is 1. The van der Waals surface area contributed by atoms with Crippen molar-refractivity contribution < 1.29 is 9.53 Å². The van der Waals surface area contributed by atoms with E-state index in [4.69, 9.17) is 10.5 Å². The number of nitrogen functional groups attached to an aromatic ring is 1. The fourth-order valence-corrected chi connectivity index (χ4v) is 2.40. The number of para-hydroxylation sites is 1. The van der Waals surface area contributed by atoms with E-state index in [1.807, 2.05) is 78.9 Å². The van der Waals surface area contributed by atoms with Crippen LogP contribution in [0, 0.1) is 0 Å². The van der Waals surface area contributed by atoms with Gasteiger partial charge in [-0.05, 0) is 29.3 Å². The van der Waals surface area contributed by atoms with E-state index in [9.17, 15) is 4.79 Å². The second kappa shape index (κ2) is 7.33. The highest BCUT2D eigenvalue weighted by atomic mass is 16.5. The van der Waals surface area contributed by atoms with Crippen LogP contribution < -0.4 is 11.1 Å². The second-order valence-corrected chi connectivity index (χ2v) is 5.35. The highest BCUT2D eigenvalue weighted by Crippen LogP contribution is 2.27. The molecule has 120 valence electrons. The first-order valence-electron chi connectivity index (χ1n) is 7.65. The fourth-order valence-electron chi connectivity index (χ4n) is 2.40. The Morgan fingerprint density at radius 3 is 2.46 bits per heavy atom. The molecule has 0 unspecified atom stereocenters. The lowest BCUT2D eigenvalue weighted by molar-refractivity contribution is 0.155. The summed E-state index contributed by atoms with van der Waals surface area (Å²) < 4.78 is 5.23. The van der Waals surface area contributed by atoms with E-state index in [1.165, 1.54) is 0 Å². The van der Waals surface area contributed by atoms with Crippen LogP contribution in [0.2, 0.25) is 0 Å². The van der Waals surface area contributed by atoms with Crippen LogP contribution in [0.4, 0.5) is 16.2 Å². The summed E-state index contributed by atoms with van der Waals surface area (Å²) in [6.07, 6.45) is -0.489. The van der Waals surface area contributed by atoms with E-state index in [0.717, 1.165) is 16.7 Å². The van der Waals surface area contributed by atoms with Crippen LogP contribution in [0.15, 0.2) is 78.9 Å². The summed E-state index contributed by atoms with van der Waals surface area (Å²) in [4.78, 5) is 11.9. The minimum absolute atomic E-state index is 0.234. The molecule has 3 aromatic carbocycles. The molecule has 0 aliphatic rings. The molecular formula is C20H18N2O2. The number of amides is 1. The van der Waals surface area contributed by atoms with Crippen LogP contribution in [0.25, 0.3) is 11.1 Å². The molecule has 0 aliphatic carbocycles. The lowest BCUT2D eigenvalue weighted by Gasteiger charge is -2.10. The Labute approximate surface area is 140 Å². The lowest BCUT2D eigenvalue weighted by Crippen LogP contribution is -2.13. The van der Waals surface area contributed by atoms with Gasteiger partial charge in [-0.2, -0.15) is 0 Å². The highest BCUT2D eigenvalue weighted by molar-refractivity contribution is 5.87. The maximum Gasteiger partial charge on any atom is 0.411 e. The largest absolute Gasteiger partial charge is 0.444 e. The number of nitrogens with two attached hydrogens (primary N) is 1. The summed E-state index contributed by atoms with van der Waals surface area (Å²) in [6.45, 7) is 0.234. The van der Waals surface area contributed by atoms with Crippen LogP contribution >= 0.6 is 0 Å². The normalized spacial score (nSPS) is 10.2. The van der Waals surface area contributed by atoms with E-state index in [0.29, 0.717) is 11.4 Å². The van der Waals surface area contributed by atoms with Crippen molar-refractivity contribution in [2.75, 3.05) is 11.1 Å². The molecule has 0 bridgehead atoms. The highest BCUT2D eigenvalue weighted by Gasteiger charge is 2.06. The van der Waals surface area contributed by atoms with Crippen LogP contribution in [0.1, 0.15) is 5.56 Å². The molecule has 24 heavy (non-hydrogen) atoms. The average Bonchev–Trinajstić information content (AvgIpc) is 2.61. The van der Waals surface area contributed by atoms with Gasteiger partial charge in [-0.3, -0.25) is 5.32 Å². The van der Waals surface area contributed by atoms with E-state index in [2.05, 4.69) is 5.32 Å². The Hall–Kier alpha value is -3.27. The van der Waals surface area contributed by atoms with Gasteiger partial charge in [-0.1, -0.05) is 60.7 Å². The van der Waals surface area contributed by atoms with Crippen LogP contribution in [-0.2, 0) is 11.3 Å². The number of carbonyl (C=O) groups is 1. The molecule has 0 aliphatic heterocycles. The predicted molar refractivity (Wildman–Crippen MR) is 96.5 cm³/mol. The molecule has 0 radical (unpaired) electrons. The zero-order valence-corrected chi connectivity index (χ0v) is 13.1. The molecule has 0 spiro atoms. The van der Waals surface area contributed by atoms with Crippen molar-refractivity contribution in [1.29, 1.82) is 0 Å². The Balaban J connectivity index is 1.66. The van der Waals surface area contributed by atoms with Gasteiger partial charge in [0.15, 0.2) is 0 Å². The molecule has 4 heteroatoms. The Bertz CT molecular complexity index is 832. The molecule has 4 nitrogen and oxygen atoms in total. The number of nitrogens with one attached hydrogen (secondary N) is 1. The average molecular weight is 318 g/mol. The summed E-state index contributed by atoms with van der Waals surface area (Å²) in [5.41, 5.74) is 10.2. The third kappa shape index (κ3) is 3.93. The van der Waals surface area contributed by atoms with E-state index in [-0.39, 0.29) is 6.61 Å². The molecule has 0 fully saturated rings. The Morgan fingerprint density at radius 2 is 1.67 bits per heavy atom. The molecule has 3 N–H and O–H groups in total. The molecule has 3 rings (SSSR count). The number of ether oxygens (including phenoxy) is 1. The minimum atomic E-state index is -0.489. The van der Waals surface area contributed by atoms with E-state index in [1.54, 1.807) is 0 Å². The van der Waals surface area contributed by atoms with Gasteiger partial charge >= 0.3 is 6.09 Å². The van der Waals surface area contributed by atoms with Gasteiger partial charge in [0.1, 0.15) is 6.61 Å². The first-order valence-corrected chi connectivity index (χ1v) is 7.65. The van der Waals surface area contributed by atoms with Gasteiger partial charge in [-0.15, -0.1) is 0 Å². The zero-order chi connectivity index (χ0) is 16.8. The molecule has 1 amide bonds. The standard InChI is InChI=1S/C20H18N2O2/c21-19-12-5-4-11-18(19)16-9-6-10-17(13-16)22-20(23)24-14-15-7-2-1-3-8-15/h1-13H,14,21H2,(H,22,23). The van der Waals surface area contributed by atoms with Crippen molar-refractivity contribution in [3.8, 4) is 11.1 Å². The zero-order valence-electron chi connectivity index (χ0n) is 13.1. The number of rotatable bonds is 4. The van der Waals surface area contributed by atoms with Gasteiger partial charge in [0.2, 0.25) is 0 Å². The van der Waals surface area contributed by atoms with Gasteiger partial charge in [0.05, 0.1) is 0 Å². The quantitative estimate of drug-likeness (QED) is 0.686. The van der Waals surface area contributed by atoms with Gasteiger partial charge < -0.3 is 10.5 Å². The second-order valence-electron chi connectivity index (χ2n) is 5.35. The van der Waals surface area contributed by atoms with Crippen molar-refractivity contribution in [2.45, 2.75) is 6.61 Å². The van der Waals surface area contributed by atoms with Crippen molar-refractivity contribution >= 4 is 17.5 Å². The van der Waals surface area contributed by atoms with Crippen molar-refractivity contribution in [3.63, 3.8) is 0 Å². The maximum absolute atomic E-state index is 11.9. The van der Waals surface area contributed by atoms with Gasteiger partial charge in [-0.25, -0.2) is 4.79 Å². The molecule has 0 atom stereocenters. The SMILES string of the molecule is Nc1ccccc1-c1cccc(NC(=O)OCc2ccccc2)c1. The van der Waals surface area contributed by atoms with E-state index < -0.39 is 6.09 Å².